The van der Waals surface area contributed by atoms with Crippen LogP contribution in [0.4, 0.5) is 10.1 Å². The summed E-state index contributed by atoms with van der Waals surface area (Å²) in [5.74, 6) is 0.638. The molecule has 3 rings (SSSR count). The van der Waals surface area contributed by atoms with Gasteiger partial charge in [0.25, 0.3) is 0 Å². The molecule has 8 heteroatoms. The highest BCUT2D eigenvalue weighted by molar-refractivity contribution is 5.50. The summed E-state index contributed by atoms with van der Waals surface area (Å²) in [6, 6.07) is 16.7. The lowest BCUT2D eigenvalue weighted by molar-refractivity contribution is -0.385. The van der Waals surface area contributed by atoms with Crippen LogP contribution in [0.5, 0.6) is 17.2 Å². The molecule has 0 aliphatic heterocycles. The highest BCUT2D eigenvalue weighted by Gasteiger charge is 2.19. The normalized spacial score (nSPS) is 12.8. The molecule has 0 aliphatic rings. The molecule has 0 saturated heterocycles. The molecule has 3 aromatic rings. The summed E-state index contributed by atoms with van der Waals surface area (Å²) < 4.78 is 23.7. The summed E-state index contributed by atoms with van der Waals surface area (Å²) in [5, 5.41) is 25.2. The molecule has 31 heavy (non-hydrogen) atoms. The number of aliphatic hydroxyl groups is 1. The minimum Gasteiger partial charge on any atom is -0.497 e. The summed E-state index contributed by atoms with van der Waals surface area (Å²) in [6.45, 7) is 2.14. The Kier molecular flexibility index (Phi) is 7.17. The van der Waals surface area contributed by atoms with Crippen LogP contribution in [0.25, 0.3) is 0 Å². The number of aliphatic hydroxyl groups excluding tert-OH is 1. The molecule has 0 saturated carbocycles. The number of ether oxygens (including phenoxy) is 2. The van der Waals surface area contributed by atoms with E-state index < -0.39 is 16.8 Å². The van der Waals surface area contributed by atoms with Crippen molar-refractivity contribution in [2.45, 2.75) is 25.6 Å². The Hall–Kier alpha value is -3.49. The summed E-state index contributed by atoms with van der Waals surface area (Å²) in [4.78, 5) is 11.0. The highest BCUT2D eigenvalue weighted by atomic mass is 19.1. The molecule has 0 spiro atoms. The number of benzene rings is 3. The van der Waals surface area contributed by atoms with E-state index in [9.17, 15) is 19.6 Å². The number of nitro groups is 1. The molecule has 7 nitrogen and oxygen atoms in total. The van der Waals surface area contributed by atoms with E-state index in [2.05, 4.69) is 5.32 Å². The van der Waals surface area contributed by atoms with Crippen molar-refractivity contribution in [1.29, 1.82) is 0 Å². The van der Waals surface area contributed by atoms with E-state index in [0.717, 1.165) is 5.56 Å². The van der Waals surface area contributed by atoms with Gasteiger partial charge in [0.15, 0.2) is 0 Å². The lowest BCUT2D eigenvalue weighted by atomic mass is 10.0. The predicted octanol–water partition coefficient (Wildman–Crippen LogP) is 4.75. The minimum absolute atomic E-state index is 0.0617. The zero-order valence-corrected chi connectivity index (χ0v) is 17.1. The second kappa shape index (κ2) is 10.0. The number of nitrogens with zero attached hydrogens (tertiary/aromatic N) is 1. The van der Waals surface area contributed by atoms with Gasteiger partial charge in [-0.1, -0.05) is 18.2 Å². The third-order valence-electron chi connectivity index (χ3n) is 4.82. The molecular weight excluding hydrogens is 403 g/mol. The van der Waals surface area contributed by atoms with Gasteiger partial charge in [-0.25, -0.2) is 4.39 Å². The number of nitro benzene ring substituents is 1. The van der Waals surface area contributed by atoms with Gasteiger partial charge in [0.2, 0.25) is 5.75 Å². The van der Waals surface area contributed by atoms with E-state index in [1.165, 1.54) is 36.4 Å². The van der Waals surface area contributed by atoms with Crippen LogP contribution in [0.2, 0.25) is 0 Å². The van der Waals surface area contributed by atoms with E-state index in [1.54, 1.807) is 37.4 Å². The molecule has 0 radical (unpaired) electrons. The maximum Gasteiger partial charge on any atom is 0.311 e. The molecule has 0 heterocycles. The number of nitrogens with one attached hydrogen (secondary N) is 1. The summed E-state index contributed by atoms with van der Waals surface area (Å²) in [7, 11) is 1.57. The number of halogens is 1. The molecular formula is C23H23FN2O5. The largest absolute Gasteiger partial charge is 0.497 e. The van der Waals surface area contributed by atoms with E-state index in [4.69, 9.17) is 9.47 Å². The number of hydrogen-bond acceptors (Lipinski definition) is 6. The lowest BCUT2D eigenvalue weighted by Crippen LogP contribution is -2.31. The van der Waals surface area contributed by atoms with Gasteiger partial charge in [-0.2, -0.15) is 0 Å². The number of rotatable bonds is 9. The third-order valence-corrected chi connectivity index (χ3v) is 4.82. The van der Waals surface area contributed by atoms with Crippen molar-refractivity contribution >= 4 is 5.69 Å². The average molecular weight is 426 g/mol. The van der Waals surface area contributed by atoms with Crippen LogP contribution < -0.4 is 14.8 Å². The first-order valence-electron chi connectivity index (χ1n) is 9.63. The van der Waals surface area contributed by atoms with Crippen molar-refractivity contribution < 1.29 is 23.9 Å². The SMILES string of the molecule is COc1ccc([C@@H](O)[C@@H](C)NCc2ccc(Oc3ccc(F)cc3)c([N+](=O)[O-])c2)cc1. The molecule has 3 aromatic carbocycles. The lowest BCUT2D eigenvalue weighted by Gasteiger charge is -2.21. The first kappa shape index (κ1) is 22.2. The Bertz CT molecular complexity index is 1030. The van der Waals surface area contributed by atoms with Gasteiger partial charge >= 0.3 is 5.69 Å². The van der Waals surface area contributed by atoms with Crippen molar-refractivity contribution in [3.8, 4) is 17.2 Å². The third kappa shape index (κ3) is 5.78. The molecule has 0 fully saturated rings. The van der Waals surface area contributed by atoms with Gasteiger partial charge in [-0.05, 0) is 60.5 Å². The molecule has 0 unspecified atom stereocenters. The summed E-state index contributed by atoms with van der Waals surface area (Å²) in [5.41, 5.74) is 1.19. The molecule has 0 amide bonds. The maximum atomic E-state index is 13.0. The second-order valence-corrected chi connectivity index (χ2v) is 7.00. The van der Waals surface area contributed by atoms with Gasteiger partial charge < -0.3 is 19.9 Å². The van der Waals surface area contributed by atoms with E-state index in [1.807, 2.05) is 6.92 Å². The Morgan fingerprint density at radius 1 is 1.06 bits per heavy atom. The molecule has 2 N–H and O–H groups in total. The first-order chi connectivity index (χ1) is 14.9. The topological polar surface area (TPSA) is 93.9 Å². The van der Waals surface area contributed by atoms with Crippen LogP contribution in [-0.2, 0) is 6.54 Å². The zero-order valence-electron chi connectivity index (χ0n) is 17.1. The second-order valence-electron chi connectivity index (χ2n) is 7.00. The van der Waals surface area contributed by atoms with Crippen molar-refractivity contribution in [3.05, 3.63) is 93.8 Å². The number of hydrogen-bond donors (Lipinski definition) is 2. The van der Waals surface area contributed by atoms with Crippen molar-refractivity contribution in [1.82, 2.24) is 5.32 Å². The molecule has 0 aromatic heterocycles. The summed E-state index contributed by atoms with van der Waals surface area (Å²) in [6.07, 6.45) is -0.762. The van der Waals surface area contributed by atoms with Crippen molar-refractivity contribution in [3.63, 3.8) is 0 Å². The van der Waals surface area contributed by atoms with Crippen LogP contribution in [0.15, 0.2) is 66.7 Å². The fourth-order valence-corrected chi connectivity index (χ4v) is 3.01. The van der Waals surface area contributed by atoms with Crippen LogP contribution >= 0.6 is 0 Å². The van der Waals surface area contributed by atoms with Gasteiger partial charge in [0.1, 0.15) is 17.3 Å². The fourth-order valence-electron chi connectivity index (χ4n) is 3.01. The van der Waals surface area contributed by atoms with Crippen molar-refractivity contribution in [2.75, 3.05) is 7.11 Å². The van der Waals surface area contributed by atoms with E-state index >= 15 is 0 Å². The molecule has 0 aliphatic carbocycles. The van der Waals surface area contributed by atoms with Gasteiger partial charge in [0, 0.05) is 18.7 Å². The maximum absolute atomic E-state index is 13.0. The van der Waals surface area contributed by atoms with Crippen LogP contribution in [0.3, 0.4) is 0 Å². The van der Waals surface area contributed by atoms with Crippen molar-refractivity contribution in [2.24, 2.45) is 0 Å². The standard InChI is InChI=1S/C23H23FN2O5/c1-15(23(27)17-4-8-19(30-2)9-5-17)25-14-16-3-12-22(21(13-16)26(28)29)31-20-10-6-18(24)7-11-20/h3-13,15,23,25,27H,14H2,1-2H3/t15-,23+/m1/s1. The van der Waals surface area contributed by atoms with Gasteiger partial charge in [-0.15, -0.1) is 0 Å². The average Bonchev–Trinajstić information content (AvgIpc) is 2.79. The summed E-state index contributed by atoms with van der Waals surface area (Å²) >= 11 is 0. The molecule has 162 valence electrons. The van der Waals surface area contributed by atoms with E-state index in [-0.39, 0.29) is 17.5 Å². The van der Waals surface area contributed by atoms with Crippen LogP contribution in [0.1, 0.15) is 24.2 Å². The van der Waals surface area contributed by atoms with Gasteiger partial charge in [-0.3, -0.25) is 10.1 Å². The zero-order chi connectivity index (χ0) is 22.4. The van der Waals surface area contributed by atoms with E-state index in [0.29, 0.717) is 23.6 Å². The first-order valence-corrected chi connectivity index (χ1v) is 9.63. The highest BCUT2D eigenvalue weighted by Crippen LogP contribution is 2.32. The quantitative estimate of drug-likeness (QED) is 0.379. The molecule has 2 atom stereocenters. The number of methoxy groups -OCH3 is 1. The van der Waals surface area contributed by atoms with Gasteiger partial charge in [0.05, 0.1) is 18.1 Å². The smallest absolute Gasteiger partial charge is 0.311 e. The fraction of sp³-hybridized carbons (Fsp3) is 0.217. The Morgan fingerprint density at radius 3 is 2.32 bits per heavy atom. The Balaban J connectivity index is 1.67. The van der Waals surface area contributed by atoms with Crippen LogP contribution in [0, 0.1) is 15.9 Å². The van der Waals surface area contributed by atoms with Crippen LogP contribution in [-0.4, -0.2) is 23.2 Å². The Morgan fingerprint density at radius 2 is 1.71 bits per heavy atom. The Labute approximate surface area is 179 Å². The minimum atomic E-state index is -0.762. The molecule has 0 bridgehead atoms. The monoisotopic (exact) mass is 426 g/mol. The predicted molar refractivity (Wildman–Crippen MR) is 114 cm³/mol.